The van der Waals surface area contributed by atoms with E-state index >= 15 is 0 Å². The van der Waals surface area contributed by atoms with Crippen LogP contribution in [0.3, 0.4) is 0 Å². The minimum atomic E-state index is -1.81. The van der Waals surface area contributed by atoms with Gasteiger partial charge in [0.2, 0.25) is 0 Å². The second-order valence-electron chi connectivity index (χ2n) is 8.17. The first kappa shape index (κ1) is 23.3. The number of allylic oxidation sites excluding steroid dienone is 8. The van der Waals surface area contributed by atoms with Crippen molar-refractivity contribution in [1.29, 1.82) is 0 Å². The standard InChI is InChI=1S/C24H26Si.2ClH.Zr/c1-15-9-7-11-19-21(15)13-17(3)23(19)25(5,6)24-18(4)14-22-16(2)10-8-12-20(22)24;;;/h7-14H,1-6H3;2*1H;/q;;;+4/p-2. The van der Waals surface area contributed by atoms with Crippen LogP contribution >= 0.6 is 17.0 Å². The average molecular weight is 505 g/mol. The van der Waals surface area contributed by atoms with E-state index < -0.39 is 28.9 Å². The Morgan fingerprint density at radius 2 is 1.04 bits per heavy atom. The maximum absolute atomic E-state index is 4.93. The SMILES string of the molecule is C[C]1[CH][C]2[C](C=CC=C2C)[C]1[Si](C)(C)[C]1[C](C)[CH][C]2[C]1C=CC=C2C.[Cl][Zr+2][Cl]. The second-order valence-corrected chi connectivity index (χ2v) is 16.2. The van der Waals surface area contributed by atoms with Gasteiger partial charge in [-0.05, 0) is 49.6 Å². The van der Waals surface area contributed by atoms with E-state index in [-0.39, 0.29) is 0 Å². The van der Waals surface area contributed by atoms with Gasteiger partial charge in [-0.15, -0.1) is 0 Å². The van der Waals surface area contributed by atoms with Crippen LogP contribution in [-0.2, 0) is 20.8 Å². The molecule has 0 aromatic carbocycles. The van der Waals surface area contributed by atoms with Crippen LogP contribution in [0.4, 0.5) is 0 Å². The summed E-state index contributed by atoms with van der Waals surface area (Å²) in [6, 6.07) is 0. The van der Waals surface area contributed by atoms with Crippen molar-refractivity contribution < 1.29 is 20.8 Å². The van der Waals surface area contributed by atoms with Gasteiger partial charge in [-0.3, -0.25) is 0 Å². The van der Waals surface area contributed by atoms with Crippen LogP contribution in [0.5, 0.6) is 0 Å². The van der Waals surface area contributed by atoms with Gasteiger partial charge >= 0.3 is 37.9 Å². The molecule has 0 amide bonds. The summed E-state index contributed by atoms with van der Waals surface area (Å²) in [5, 5.41) is 0. The van der Waals surface area contributed by atoms with Crippen LogP contribution in [0.25, 0.3) is 0 Å². The molecule has 4 aliphatic carbocycles. The Morgan fingerprint density at radius 3 is 1.39 bits per heavy atom. The summed E-state index contributed by atoms with van der Waals surface area (Å²) in [5.41, 5.74) is 6.00. The molecule has 0 spiro atoms. The first-order chi connectivity index (χ1) is 13.2. The van der Waals surface area contributed by atoms with E-state index in [1.54, 1.807) is 11.1 Å². The molecular weight excluding hydrogens is 478 g/mol. The first-order valence-corrected chi connectivity index (χ1v) is 18.9. The molecule has 0 aliphatic heterocycles. The van der Waals surface area contributed by atoms with Gasteiger partial charge in [-0.25, -0.2) is 0 Å². The Kier molecular flexibility index (Phi) is 7.84. The number of hydrogen-bond acceptors (Lipinski definition) is 0. The van der Waals surface area contributed by atoms with Crippen LogP contribution in [-0.4, -0.2) is 8.07 Å². The molecule has 0 heterocycles. The van der Waals surface area contributed by atoms with Crippen molar-refractivity contribution in [1.82, 2.24) is 0 Å². The number of rotatable bonds is 2. The van der Waals surface area contributed by atoms with Gasteiger partial charge in [0.05, 0.1) is 8.07 Å². The predicted molar refractivity (Wildman–Crippen MR) is 121 cm³/mol. The van der Waals surface area contributed by atoms with E-state index in [0.29, 0.717) is 0 Å². The Bertz CT molecular complexity index is 637. The normalized spacial score (nSPS) is 25.9. The van der Waals surface area contributed by atoms with Crippen molar-refractivity contribution in [3.63, 3.8) is 0 Å². The van der Waals surface area contributed by atoms with Crippen LogP contribution in [0.1, 0.15) is 27.7 Å². The van der Waals surface area contributed by atoms with Gasteiger partial charge in [0, 0.05) is 23.7 Å². The van der Waals surface area contributed by atoms with Gasteiger partial charge in [0.25, 0.3) is 0 Å². The van der Waals surface area contributed by atoms with E-state index in [9.17, 15) is 0 Å². The summed E-state index contributed by atoms with van der Waals surface area (Å²) >= 11 is -0.826. The summed E-state index contributed by atoms with van der Waals surface area (Å²) in [6.07, 6.45) is 18.3. The van der Waals surface area contributed by atoms with Crippen molar-refractivity contribution in [2.24, 2.45) is 0 Å². The van der Waals surface area contributed by atoms with Gasteiger partial charge < -0.3 is 0 Å². The minimum absolute atomic E-state index is 0.826. The van der Waals surface area contributed by atoms with Crippen molar-refractivity contribution in [2.45, 2.75) is 40.8 Å². The molecule has 4 rings (SSSR count). The number of hydrogen-bond donors (Lipinski definition) is 0. The quantitative estimate of drug-likeness (QED) is 0.347. The molecule has 4 heteroatoms. The molecule has 2 fully saturated rings. The molecule has 2 saturated carbocycles. The molecule has 0 N–H and O–H groups in total. The van der Waals surface area contributed by atoms with E-state index in [4.69, 9.17) is 17.0 Å². The fraction of sp³-hybridized carbons (Fsp3) is 0.250. The molecule has 4 aliphatic rings. The Balaban J connectivity index is 0.000000706. The molecule has 0 nitrogen and oxygen atoms in total. The Hall–Kier alpha value is 0.640. The zero-order chi connectivity index (χ0) is 20.6. The Labute approximate surface area is 192 Å². The fourth-order valence-electron chi connectivity index (χ4n) is 4.97. The van der Waals surface area contributed by atoms with Crippen molar-refractivity contribution in [3.8, 4) is 0 Å². The summed E-state index contributed by atoms with van der Waals surface area (Å²) in [5.74, 6) is 8.72. The van der Waals surface area contributed by atoms with Gasteiger partial charge in [-0.1, -0.05) is 74.5 Å². The predicted octanol–water partition coefficient (Wildman–Crippen LogP) is 7.25. The molecule has 28 heavy (non-hydrogen) atoms. The molecule has 142 valence electrons. The van der Waals surface area contributed by atoms with E-state index in [2.05, 4.69) is 90.1 Å². The number of halogens is 2. The Morgan fingerprint density at radius 1 is 0.679 bits per heavy atom. The van der Waals surface area contributed by atoms with Gasteiger partial charge in [-0.2, -0.15) is 0 Å². The summed E-state index contributed by atoms with van der Waals surface area (Å²) in [6.45, 7) is 14.1. The zero-order valence-electron chi connectivity index (χ0n) is 17.4. The van der Waals surface area contributed by atoms with Gasteiger partial charge in [0.15, 0.2) is 0 Å². The van der Waals surface area contributed by atoms with Crippen LogP contribution in [0.15, 0.2) is 47.6 Å². The third-order valence-corrected chi connectivity index (χ3v) is 9.77. The fourth-order valence-corrected chi connectivity index (χ4v) is 9.12. The molecule has 0 atom stereocenters. The van der Waals surface area contributed by atoms with E-state index in [1.165, 1.54) is 46.7 Å². The average Bonchev–Trinajstić information content (AvgIpc) is 3.14. The van der Waals surface area contributed by atoms with Gasteiger partial charge in [0.1, 0.15) is 0 Å². The second kappa shape index (κ2) is 9.42. The van der Waals surface area contributed by atoms with E-state index in [0.717, 1.165) is 0 Å². The van der Waals surface area contributed by atoms with Crippen LogP contribution in [0.2, 0.25) is 13.1 Å². The van der Waals surface area contributed by atoms with E-state index in [1.807, 2.05) is 0 Å². The third-order valence-electron chi connectivity index (χ3n) is 5.95. The maximum atomic E-state index is 4.93. The number of fused-ring (bicyclic) bond motifs is 2. The molecule has 0 saturated heterocycles. The monoisotopic (exact) mass is 502 g/mol. The molecule has 0 bridgehead atoms. The molecule has 0 aromatic heterocycles. The molecule has 0 unspecified atom stereocenters. The molecular formula is C24H26Cl2SiZr+2. The zero-order valence-corrected chi connectivity index (χ0v) is 22.3. The summed E-state index contributed by atoms with van der Waals surface area (Å²) in [4.78, 5) is 0. The van der Waals surface area contributed by atoms with Crippen LogP contribution < -0.4 is 0 Å². The first-order valence-electron chi connectivity index (χ1n) is 9.52. The summed E-state index contributed by atoms with van der Waals surface area (Å²) in [7, 11) is 8.05. The third kappa shape index (κ3) is 4.19. The topological polar surface area (TPSA) is 0 Å². The van der Waals surface area contributed by atoms with Crippen molar-refractivity contribution >= 4 is 25.1 Å². The molecule has 10 radical (unpaired) electrons. The van der Waals surface area contributed by atoms with Crippen molar-refractivity contribution in [3.05, 3.63) is 107 Å². The summed E-state index contributed by atoms with van der Waals surface area (Å²) < 4.78 is 0. The van der Waals surface area contributed by atoms with Crippen LogP contribution in [0, 0.1) is 59.4 Å². The molecule has 0 aromatic rings. The van der Waals surface area contributed by atoms with Crippen molar-refractivity contribution in [2.75, 3.05) is 0 Å².